The van der Waals surface area contributed by atoms with Crippen molar-refractivity contribution in [2.45, 2.75) is 0 Å². The lowest BCUT2D eigenvalue weighted by atomic mass is 10.1. The summed E-state index contributed by atoms with van der Waals surface area (Å²) in [7, 11) is 0. The molecule has 0 saturated carbocycles. The van der Waals surface area contributed by atoms with E-state index in [1.807, 2.05) is 30.3 Å². The molecule has 1 aromatic heterocycles. The molecular formula is C10H7ClN2O. The molecule has 0 aliphatic heterocycles. The van der Waals surface area contributed by atoms with Gasteiger partial charge in [0.15, 0.2) is 5.15 Å². The Morgan fingerprint density at radius 3 is 2.43 bits per heavy atom. The molecule has 14 heavy (non-hydrogen) atoms. The number of hydrogen-bond acceptors (Lipinski definition) is 3. The van der Waals surface area contributed by atoms with E-state index in [0.717, 1.165) is 5.56 Å². The highest BCUT2D eigenvalue weighted by molar-refractivity contribution is 6.29. The SMILES string of the molecule is Oc1cc(Cl)nnc1-c1ccccc1. The van der Waals surface area contributed by atoms with Crippen LogP contribution < -0.4 is 0 Å². The molecule has 70 valence electrons. The van der Waals surface area contributed by atoms with Gasteiger partial charge in [-0.05, 0) is 0 Å². The number of nitrogens with zero attached hydrogens (tertiary/aromatic N) is 2. The minimum atomic E-state index is 0.0381. The maximum Gasteiger partial charge on any atom is 0.155 e. The second-order valence-corrected chi connectivity index (χ2v) is 3.15. The largest absolute Gasteiger partial charge is 0.505 e. The van der Waals surface area contributed by atoms with E-state index in [2.05, 4.69) is 10.2 Å². The maximum atomic E-state index is 9.56. The Morgan fingerprint density at radius 1 is 1.07 bits per heavy atom. The molecule has 0 aliphatic rings. The fourth-order valence-electron chi connectivity index (χ4n) is 1.16. The number of rotatable bonds is 1. The molecule has 0 fully saturated rings. The summed E-state index contributed by atoms with van der Waals surface area (Å²) in [5.41, 5.74) is 1.25. The quantitative estimate of drug-likeness (QED) is 0.780. The van der Waals surface area contributed by atoms with Gasteiger partial charge in [0.25, 0.3) is 0 Å². The first-order valence-electron chi connectivity index (χ1n) is 4.05. The highest BCUT2D eigenvalue weighted by atomic mass is 35.5. The summed E-state index contributed by atoms with van der Waals surface area (Å²) in [4.78, 5) is 0. The maximum absolute atomic E-state index is 9.56. The zero-order valence-electron chi connectivity index (χ0n) is 7.18. The summed E-state index contributed by atoms with van der Waals surface area (Å²) < 4.78 is 0. The molecule has 3 nitrogen and oxygen atoms in total. The van der Waals surface area contributed by atoms with E-state index < -0.39 is 0 Å². The Balaban J connectivity index is 2.53. The van der Waals surface area contributed by atoms with Crippen LogP contribution in [0.5, 0.6) is 5.75 Å². The predicted octanol–water partition coefficient (Wildman–Crippen LogP) is 2.50. The fraction of sp³-hybridized carbons (Fsp3) is 0. The van der Waals surface area contributed by atoms with E-state index in [1.165, 1.54) is 6.07 Å². The third kappa shape index (κ3) is 1.67. The molecule has 4 heteroatoms. The lowest BCUT2D eigenvalue weighted by Crippen LogP contribution is -1.88. The summed E-state index contributed by atoms with van der Waals surface area (Å²) in [6.07, 6.45) is 0. The molecule has 0 bridgehead atoms. The molecule has 0 radical (unpaired) electrons. The predicted molar refractivity (Wildman–Crippen MR) is 54.1 cm³/mol. The van der Waals surface area contributed by atoms with Crippen LogP contribution in [-0.4, -0.2) is 15.3 Å². The first kappa shape index (κ1) is 8.97. The zero-order valence-corrected chi connectivity index (χ0v) is 7.94. The van der Waals surface area contributed by atoms with Crippen LogP contribution in [0.3, 0.4) is 0 Å². The highest BCUT2D eigenvalue weighted by Gasteiger charge is 2.06. The second kappa shape index (κ2) is 3.64. The first-order valence-corrected chi connectivity index (χ1v) is 4.43. The molecule has 1 heterocycles. The standard InChI is InChI=1S/C10H7ClN2O/c11-9-6-8(14)10(13-12-9)7-4-2-1-3-5-7/h1-6H,(H,12,14). The van der Waals surface area contributed by atoms with Crippen molar-refractivity contribution in [3.05, 3.63) is 41.6 Å². The summed E-state index contributed by atoms with van der Waals surface area (Å²) in [6.45, 7) is 0. The van der Waals surface area contributed by atoms with Crippen LogP contribution in [0.4, 0.5) is 0 Å². The van der Waals surface area contributed by atoms with E-state index >= 15 is 0 Å². The van der Waals surface area contributed by atoms with E-state index in [-0.39, 0.29) is 10.9 Å². The van der Waals surface area contributed by atoms with Gasteiger partial charge in [0, 0.05) is 11.6 Å². The second-order valence-electron chi connectivity index (χ2n) is 2.77. The van der Waals surface area contributed by atoms with Crippen LogP contribution in [-0.2, 0) is 0 Å². The Morgan fingerprint density at radius 2 is 1.79 bits per heavy atom. The van der Waals surface area contributed by atoms with Gasteiger partial charge in [-0.15, -0.1) is 10.2 Å². The lowest BCUT2D eigenvalue weighted by molar-refractivity contribution is 0.473. The van der Waals surface area contributed by atoms with Crippen LogP contribution >= 0.6 is 11.6 Å². The topological polar surface area (TPSA) is 46.0 Å². The highest BCUT2D eigenvalue weighted by Crippen LogP contribution is 2.26. The Labute approximate surface area is 86.0 Å². The molecule has 0 saturated heterocycles. The van der Waals surface area contributed by atoms with Gasteiger partial charge in [0.05, 0.1) is 0 Å². The van der Waals surface area contributed by atoms with Crippen LogP contribution in [0.25, 0.3) is 11.3 Å². The van der Waals surface area contributed by atoms with Crippen molar-refractivity contribution in [2.24, 2.45) is 0 Å². The molecular weight excluding hydrogens is 200 g/mol. The Hall–Kier alpha value is -1.61. The van der Waals surface area contributed by atoms with Crippen molar-refractivity contribution in [1.82, 2.24) is 10.2 Å². The smallest absolute Gasteiger partial charge is 0.155 e. The Kier molecular flexibility index (Phi) is 2.33. The number of hydrogen-bond donors (Lipinski definition) is 1. The van der Waals surface area contributed by atoms with Crippen molar-refractivity contribution < 1.29 is 5.11 Å². The zero-order chi connectivity index (χ0) is 9.97. The number of benzene rings is 1. The van der Waals surface area contributed by atoms with Crippen LogP contribution in [0.15, 0.2) is 36.4 Å². The molecule has 0 atom stereocenters. The van der Waals surface area contributed by atoms with Crippen molar-refractivity contribution in [3.8, 4) is 17.0 Å². The minimum absolute atomic E-state index is 0.0381. The van der Waals surface area contributed by atoms with Crippen LogP contribution in [0, 0.1) is 0 Å². The first-order chi connectivity index (χ1) is 6.77. The average Bonchev–Trinajstić information content (AvgIpc) is 2.19. The third-order valence-electron chi connectivity index (χ3n) is 1.79. The van der Waals surface area contributed by atoms with E-state index in [0.29, 0.717) is 5.69 Å². The monoisotopic (exact) mass is 206 g/mol. The van der Waals surface area contributed by atoms with Gasteiger partial charge >= 0.3 is 0 Å². The minimum Gasteiger partial charge on any atom is -0.505 e. The molecule has 0 unspecified atom stereocenters. The summed E-state index contributed by atoms with van der Waals surface area (Å²) in [6, 6.07) is 10.7. The fourth-order valence-corrected chi connectivity index (χ4v) is 1.30. The van der Waals surface area contributed by atoms with Gasteiger partial charge in [-0.3, -0.25) is 0 Å². The van der Waals surface area contributed by atoms with E-state index in [9.17, 15) is 5.11 Å². The van der Waals surface area contributed by atoms with Gasteiger partial charge in [0.1, 0.15) is 11.4 Å². The van der Waals surface area contributed by atoms with Crippen molar-refractivity contribution >= 4 is 11.6 Å². The van der Waals surface area contributed by atoms with E-state index in [4.69, 9.17) is 11.6 Å². The summed E-state index contributed by atoms with van der Waals surface area (Å²) in [5, 5.41) is 17.2. The molecule has 1 N–H and O–H groups in total. The molecule has 1 aromatic carbocycles. The normalized spacial score (nSPS) is 10.1. The number of aromatic hydroxyl groups is 1. The van der Waals surface area contributed by atoms with Gasteiger partial charge in [-0.2, -0.15) is 0 Å². The van der Waals surface area contributed by atoms with Gasteiger partial charge in [-0.1, -0.05) is 41.9 Å². The van der Waals surface area contributed by atoms with Crippen LogP contribution in [0.1, 0.15) is 0 Å². The molecule has 0 aliphatic carbocycles. The van der Waals surface area contributed by atoms with Crippen LogP contribution in [0.2, 0.25) is 5.15 Å². The number of aromatic nitrogens is 2. The summed E-state index contributed by atoms with van der Waals surface area (Å²) >= 11 is 5.57. The molecule has 2 rings (SSSR count). The molecule has 0 spiro atoms. The van der Waals surface area contributed by atoms with Gasteiger partial charge in [0.2, 0.25) is 0 Å². The van der Waals surface area contributed by atoms with Gasteiger partial charge in [-0.25, -0.2) is 0 Å². The van der Waals surface area contributed by atoms with Crippen molar-refractivity contribution in [2.75, 3.05) is 0 Å². The van der Waals surface area contributed by atoms with E-state index in [1.54, 1.807) is 0 Å². The van der Waals surface area contributed by atoms with Gasteiger partial charge < -0.3 is 5.11 Å². The average molecular weight is 207 g/mol. The molecule has 0 amide bonds. The number of halogens is 1. The Bertz CT molecular complexity index is 445. The summed E-state index contributed by atoms with van der Waals surface area (Å²) in [5.74, 6) is 0.0381. The lowest BCUT2D eigenvalue weighted by Gasteiger charge is -2.01. The third-order valence-corrected chi connectivity index (χ3v) is 1.98. The molecule has 2 aromatic rings. The van der Waals surface area contributed by atoms with Crippen molar-refractivity contribution in [1.29, 1.82) is 0 Å². The van der Waals surface area contributed by atoms with Crippen molar-refractivity contribution in [3.63, 3.8) is 0 Å².